The van der Waals surface area contributed by atoms with Crippen molar-refractivity contribution in [2.24, 2.45) is 0 Å². The number of benzene rings is 2. The first-order valence-corrected chi connectivity index (χ1v) is 6.41. The van der Waals surface area contributed by atoms with Crippen LogP contribution in [0.5, 0.6) is 5.75 Å². The molecule has 0 amide bonds. The van der Waals surface area contributed by atoms with Gasteiger partial charge in [0.25, 0.3) is 0 Å². The van der Waals surface area contributed by atoms with E-state index in [4.69, 9.17) is 4.74 Å². The molecular formula is C14H10F4OS. The fraction of sp³-hybridized carbons (Fsp3) is 0.143. The van der Waals surface area contributed by atoms with Crippen LogP contribution >= 0.6 is 11.8 Å². The van der Waals surface area contributed by atoms with Crippen molar-refractivity contribution in [2.45, 2.75) is 16.0 Å². The van der Waals surface area contributed by atoms with E-state index < -0.39 is 17.6 Å². The van der Waals surface area contributed by atoms with Crippen LogP contribution < -0.4 is 4.74 Å². The third-order valence-corrected chi connectivity index (χ3v) is 3.58. The molecule has 0 radical (unpaired) electrons. The van der Waals surface area contributed by atoms with Crippen molar-refractivity contribution in [3.8, 4) is 5.75 Å². The van der Waals surface area contributed by atoms with Crippen molar-refractivity contribution < 1.29 is 22.3 Å². The van der Waals surface area contributed by atoms with Crippen LogP contribution in [0.15, 0.2) is 52.3 Å². The summed E-state index contributed by atoms with van der Waals surface area (Å²) in [4.78, 5) is 0.367. The number of alkyl halides is 3. The van der Waals surface area contributed by atoms with Gasteiger partial charge in [0.2, 0.25) is 0 Å². The minimum atomic E-state index is -4.73. The van der Waals surface area contributed by atoms with Gasteiger partial charge in [0.15, 0.2) is 0 Å². The molecule has 0 aliphatic carbocycles. The van der Waals surface area contributed by atoms with Gasteiger partial charge in [-0.1, -0.05) is 23.9 Å². The van der Waals surface area contributed by atoms with Crippen LogP contribution in [-0.2, 0) is 6.18 Å². The smallest absolute Gasteiger partial charge is 0.420 e. The summed E-state index contributed by atoms with van der Waals surface area (Å²) in [6.07, 6.45) is -4.73. The van der Waals surface area contributed by atoms with Gasteiger partial charge in [0.1, 0.15) is 17.1 Å². The Morgan fingerprint density at radius 2 is 1.75 bits per heavy atom. The molecule has 2 rings (SSSR count). The topological polar surface area (TPSA) is 9.23 Å². The van der Waals surface area contributed by atoms with E-state index in [1.807, 2.05) is 0 Å². The zero-order chi connectivity index (χ0) is 14.8. The van der Waals surface area contributed by atoms with E-state index in [1.54, 1.807) is 24.3 Å². The number of hydrogen-bond acceptors (Lipinski definition) is 2. The molecule has 2 aromatic carbocycles. The fourth-order valence-corrected chi connectivity index (χ4v) is 2.69. The molecule has 0 aliphatic heterocycles. The van der Waals surface area contributed by atoms with Gasteiger partial charge >= 0.3 is 6.18 Å². The molecule has 20 heavy (non-hydrogen) atoms. The van der Waals surface area contributed by atoms with Crippen LogP contribution in [0.4, 0.5) is 17.6 Å². The molecule has 0 N–H and O–H groups in total. The maximum atomic E-state index is 13.4. The second kappa shape index (κ2) is 5.75. The summed E-state index contributed by atoms with van der Waals surface area (Å²) < 4.78 is 57.1. The first kappa shape index (κ1) is 14.7. The molecule has 0 heterocycles. The van der Waals surface area contributed by atoms with Gasteiger partial charge < -0.3 is 4.74 Å². The predicted octanol–water partition coefficient (Wildman–Crippen LogP) is 5.00. The van der Waals surface area contributed by atoms with Crippen molar-refractivity contribution in [1.82, 2.24) is 0 Å². The van der Waals surface area contributed by atoms with Gasteiger partial charge in [-0.05, 0) is 30.3 Å². The summed E-state index contributed by atoms with van der Waals surface area (Å²) in [5.74, 6) is -0.745. The zero-order valence-corrected chi connectivity index (χ0v) is 11.2. The third kappa shape index (κ3) is 3.25. The van der Waals surface area contributed by atoms with Gasteiger partial charge in [0, 0.05) is 9.79 Å². The summed E-state index contributed by atoms with van der Waals surface area (Å²) in [6, 6.07) is 9.88. The van der Waals surface area contributed by atoms with Gasteiger partial charge in [0.05, 0.1) is 7.11 Å². The van der Waals surface area contributed by atoms with Crippen molar-refractivity contribution in [1.29, 1.82) is 0 Å². The normalized spacial score (nSPS) is 11.4. The van der Waals surface area contributed by atoms with E-state index in [9.17, 15) is 17.6 Å². The molecule has 106 valence electrons. The summed E-state index contributed by atoms with van der Waals surface area (Å²) in [5, 5.41) is 0. The SMILES string of the molecule is COc1cccc(Sc2cccc(F)c2C(F)(F)F)c1. The maximum Gasteiger partial charge on any atom is 0.420 e. The summed E-state index contributed by atoms with van der Waals surface area (Å²) in [7, 11) is 1.47. The highest BCUT2D eigenvalue weighted by Crippen LogP contribution is 2.41. The van der Waals surface area contributed by atoms with Crippen LogP contribution in [0, 0.1) is 5.82 Å². The van der Waals surface area contributed by atoms with Crippen molar-refractivity contribution >= 4 is 11.8 Å². The van der Waals surface area contributed by atoms with Crippen LogP contribution in [-0.4, -0.2) is 7.11 Å². The predicted molar refractivity (Wildman–Crippen MR) is 68.5 cm³/mol. The van der Waals surface area contributed by atoms with Crippen LogP contribution in [0.2, 0.25) is 0 Å². The van der Waals surface area contributed by atoms with Crippen LogP contribution in [0.1, 0.15) is 5.56 Å². The number of rotatable bonds is 3. The molecule has 0 spiro atoms. The fourth-order valence-electron chi connectivity index (χ4n) is 1.66. The second-order valence-electron chi connectivity index (χ2n) is 3.89. The quantitative estimate of drug-likeness (QED) is 0.738. The summed E-state index contributed by atoms with van der Waals surface area (Å²) in [6.45, 7) is 0. The number of ether oxygens (including phenoxy) is 1. The Labute approximate surface area is 117 Å². The van der Waals surface area contributed by atoms with Gasteiger partial charge in [-0.25, -0.2) is 4.39 Å². The standard InChI is InChI=1S/C14H10F4OS/c1-19-9-4-2-5-10(8-9)20-12-7-3-6-11(15)13(12)14(16,17)18/h2-8H,1H3. The van der Waals surface area contributed by atoms with Gasteiger partial charge in [-0.3, -0.25) is 0 Å². The highest BCUT2D eigenvalue weighted by atomic mass is 32.2. The monoisotopic (exact) mass is 302 g/mol. The Morgan fingerprint density at radius 1 is 1.05 bits per heavy atom. The lowest BCUT2D eigenvalue weighted by atomic mass is 10.2. The van der Waals surface area contributed by atoms with E-state index in [1.165, 1.54) is 19.2 Å². The molecule has 6 heteroatoms. The Morgan fingerprint density at radius 3 is 2.40 bits per heavy atom. The average molecular weight is 302 g/mol. The van der Waals surface area contributed by atoms with Crippen molar-refractivity contribution in [3.63, 3.8) is 0 Å². The molecule has 0 unspecified atom stereocenters. The van der Waals surface area contributed by atoms with Crippen molar-refractivity contribution in [3.05, 3.63) is 53.8 Å². The van der Waals surface area contributed by atoms with E-state index in [0.29, 0.717) is 10.6 Å². The minimum Gasteiger partial charge on any atom is -0.497 e. The lowest BCUT2D eigenvalue weighted by Crippen LogP contribution is -2.09. The van der Waals surface area contributed by atoms with E-state index in [0.717, 1.165) is 17.8 Å². The second-order valence-corrected chi connectivity index (χ2v) is 5.01. The Hall–Kier alpha value is -1.69. The highest BCUT2D eigenvalue weighted by molar-refractivity contribution is 7.99. The van der Waals surface area contributed by atoms with E-state index >= 15 is 0 Å². The van der Waals surface area contributed by atoms with E-state index in [2.05, 4.69) is 0 Å². The molecule has 1 nitrogen and oxygen atoms in total. The maximum absolute atomic E-state index is 13.4. The molecular weight excluding hydrogens is 292 g/mol. The molecule has 0 aliphatic rings. The molecule has 0 fully saturated rings. The van der Waals surface area contributed by atoms with Gasteiger partial charge in [-0.2, -0.15) is 13.2 Å². The molecule has 0 atom stereocenters. The largest absolute Gasteiger partial charge is 0.497 e. The first-order valence-electron chi connectivity index (χ1n) is 5.59. The van der Waals surface area contributed by atoms with Gasteiger partial charge in [-0.15, -0.1) is 0 Å². The first-order chi connectivity index (χ1) is 9.41. The Bertz CT molecular complexity index is 610. The lowest BCUT2D eigenvalue weighted by molar-refractivity contribution is -0.142. The molecule has 0 saturated carbocycles. The van der Waals surface area contributed by atoms with Crippen molar-refractivity contribution in [2.75, 3.05) is 7.11 Å². The molecule has 2 aromatic rings. The lowest BCUT2D eigenvalue weighted by Gasteiger charge is -2.13. The number of halogens is 4. The van der Waals surface area contributed by atoms with E-state index in [-0.39, 0.29) is 4.90 Å². The average Bonchev–Trinajstić information content (AvgIpc) is 2.37. The third-order valence-electron chi connectivity index (χ3n) is 2.53. The molecule has 0 aromatic heterocycles. The highest BCUT2D eigenvalue weighted by Gasteiger charge is 2.37. The Balaban J connectivity index is 2.41. The Kier molecular flexibility index (Phi) is 4.23. The summed E-state index contributed by atoms with van der Waals surface area (Å²) >= 11 is 0.845. The number of methoxy groups -OCH3 is 1. The van der Waals surface area contributed by atoms with Crippen LogP contribution in [0.25, 0.3) is 0 Å². The van der Waals surface area contributed by atoms with Crippen LogP contribution in [0.3, 0.4) is 0 Å². The molecule has 0 bridgehead atoms. The minimum absolute atomic E-state index is 0.175. The summed E-state index contributed by atoms with van der Waals surface area (Å²) in [5.41, 5.74) is -1.24. The zero-order valence-electron chi connectivity index (χ0n) is 10.4. The molecule has 0 saturated heterocycles. The number of hydrogen-bond donors (Lipinski definition) is 0.